The van der Waals surface area contributed by atoms with Crippen molar-refractivity contribution in [3.63, 3.8) is 0 Å². The monoisotopic (exact) mass is 331 g/mol. The molecule has 0 amide bonds. The number of halogens is 3. The molecule has 1 aromatic rings. The largest absolute Gasteiger partial charge is 0.416 e. The van der Waals surface area contributed by atoms with Crippen LogP contribution < -0.4 is 10.2 Å². The van der Waals surface area contributed by atoms with Crippen LogP contribution in [0.3, 0.4) is 0 Å². The van der Waals surface area contributed by atoms with Gasteiger partial charge in [-0.25, -0.2) is 4.98 Å². The van der Waals surface area contributed by atoms with E-state index < -0.39 is 11.7 Å². The highest BCUT2D eigenvalue weighted by atomic mass is 32.1. The maximum Gasteiger partial charge on any atom is 0.416 e. The van der Waals surface area contributed by atoms with Crippen molar-refractivity contribution in [1.29, 1.82) is 0 Å². The van der Waals surface area contributed by atoms with Gasteiger partial charge in [0.25, 0.3) is 0 Å². The van der Waals surface area contributed by atoms with Crippen LogP contribution >= 0.6 is 11.3 Å². The first-order chi connectivity index (χ1) is 10.3. The van der Waals surface area contributed by atoms with Gasteiger partial charge in [0.05, 0.1) is 5.56 Å². The smallest absolute Gasteiger partial charge is 0.343 e. The van der Waals surface area contributed by atoms with Crippen LogP contribution in [-0.2, 0) is 6.18 Å². The fourth-order valence-electron chi connectivity index (χ4n) is 2.36. The first-order valence-electron chi connectivity index (χ1n) is 7.17. The van der Waals surface area contributed by atoms with Crippen LogP contribution in [-0.4, -0.2) is 30.2 Å². The predicted octanol–water partition coefficient (Wildman–Crippen LogP) is 3.78. The van der Waals surface area contributed by atoms with Crippen molar-refractivity contribution in [3.8, 4) is 0 Å². The van der Waals surface area contributed by atoms with Gasteiger partial charge in [0.2, 0.25) is 0 Å². The van der Waals surface area contributed by atoms with Gasteiger partial charge in [0.15, 0.2) is 5.13 Å². The molecule has 0 saturated carbocycles. The number of nitrogens with one attached hydrogen (secondary N) is 1. The van der Waals surface area contributed by atoms with E-state index in [0.717, 1.165) is 24.3 Å². The van der Waals surface area contributed by atoms with Gasteiger partial charge in [-0.15, -0.1) is 11.3 Å². The lowest BCUT2D eigenvalue weighted by Gasteiger charge is -2.38. The van der Waals surface area contributed by atoms with E-state index >= 15 is 0 Å². The molecule has 1 aliphatic rings. The minimum Gasteiger partial charge on any atom is -0.343 e. The van der Waals surface area contributed by atoms with Gasteiger partial charge in [-0.05, 0) is 39.0 Å². The summed E-state index contributed by atoms with van der Waals surface area (Å²) in [5, 5.41) is 4.12. The minimum atomic E-state index is -4.35. The van der Waals surface area contributed by atoms with Crippen LogP contribution in [0.4, 0.5) is 18.3 Å². The molecule has 0 radical (unpaired) electrons. The number of hydrogen-bond acceptors (Lipinski definition) is 4. The Labute approximate surface area is 132 Å². The molecular formula is C15H20F3N3S. The average Bonchev–Trinajstić information content (AvgIpc) is 2.51. The fourth-order valence-corrected chi connectivity index (χ4v) is 3.32. The van der Waals surface area contributed by atoms with Crippen molar-refractivity contribution in [2.75, 3.05) is 18.0 Å². The molecule has 22 heavy (non-hydrogen) atoms. The minimum absolute atomic E-state index is 0.233. The zero-order chi connectivity index (χ0) is 16.3. The summed E-state index contributed by atoms with van der Waals surface area (Å²) in [7, 11) is 0. The molecule has 0 unspecified atom stereocenters. The Bertz CT molecular complexity index is 570. The quantitative estimate of drug-likeness (QED) is 0.849. The number of rotatable bonds is 1. The second-order valence-corrected chi connectivity index (χ2v) is 6.62. The Morgan fingerprint density at radius 2 is 2.09 bits per heavy atom. The molecule has 2 heterocycles. The van der Waals surface area contributed by atoms with E-state index in [4.69, 9.17) is 0 Å². The van der Waals surface area contributed by atoms with Crippen molar-refractivity contribution in [3.05, 3.63) is 34.8 Å². The molecule has 0 aromatic carbocycles. The molecule has 1 saturated heterocycles. The Kier molecular flexibility index (Phi) is 5.28. The number of aryl methyl sites for hydroxylation is 1. The van der Waals surface area contributed by atoms with Crippen molar-refractivity contribution in [2.24, 2.45) is 0 Å². The number of anilines is 1. The van der Waals surface area contributed by atoms with E-state index in [1.54, 1.807) is 6.92 Å². The fraction of sp³-hybridized carbons (Fsp3) is 0.533. The maximum atomic E-state index is 12.9. The molecule has 7 heteroatoms. The molecule has 3 nitrogen and oxygen atoms in total. The summed E-state index contributed by atoms with van der Waals surface area (Å²) in [4.78, 5) is 7.08. The van der Waals surface area contributed by atoms with Crippen LogP contribution in [0.25, 0.3) is 0 Å². The number of nitrogens with zero attached hydrogens (tertiary/aromatic N) is 2. The number of hydrogen-bond donors (Lipinski definition) is 1. The average molecular weight is 331 g/mol. The molecule has 1 aromatic heterocycles. The van der Waals surface area contributed by atoms with Crippen LogP contribution in [0.1, 0.15) is 24.3 Å². The Balaban J connectivity index is 2.46. The van der Waals surface area contributed by atoms with E-state index in [1.807, 2.05) is 0 Å². The van der Waals surface area contributed by atoms with Gasteiger partial charge in [-0.3, -0.25) is 0 Å². The van der Waals surface area contributed by atoms with Crippen LogP contribution in [0.5, 0.6) is 0 Å². The third-order valence-electron chi connectivity index (χ3n) is 3.77. The van der Waals surface area contributed by atoms with E-state index in [2.05, 4.69) is 29.0 Å². The third-order valence-corrected chi connectivity index (χ3v) is 4.73. The number of alkyl halides is 3. The van der Waals surface area contributed by atoms with Gasteiger partial charge < -0.3 is 10.2 Å². The molecule has 1 aliphatic heterocycles. The van der Waals surface area contributed by atoms with E-state index in [9.17, 15) is 13.2 Å². The van der Waals surface area contributed by atoms with Crippen molar-refractivity contribution < 1.29 is 13.2 Å². The standard InChI is InChI=1S/C15H20F3N3S/c1-10-9-13(15(16,17)18)5-4-6-20-14(22-10)21-8-7-19-11(2)12(21)3/h4-6,9,11-12,19H,7-8H2,1-3H3/t11-,12+/m0/s1. The maximum absolute atomic E-state index is 12.9. The molecule has 122 valence electrons. The number of aromatic nitrogens is 1. The zero-order valence-corrected chi connectivity index (χ0v) is 13.6. The summed E-state index contributed by atoms with van der Waals surface area (Å²) in [6.07, 6.45) is -2.92. The van der Waals surface area contributed by atoms with Gasteiger partial charge in [-0.2, -0.15) is 13.2 Å². The van der Waals surface area contributed by atoms with Gasteiger partial charge in [0, 0.05) is 36.2 Å². The highest BCUT2D eigenvalue weighted by Gasteiger charge is 2.30. The van der Waals surface area contributed by atoms with E-state index in [-0.39, 0.29) is 6.04 Å². The summed E-state index contributed by atoms with van der Waals surface area (Å²) < 4.78 is 38.7. The van der Waals surface area contributed by atoms with E-state index in [1.165, 1.54) is 29.7 Å². The molecular weight excluding hydrogens is 311 g/mol. The summed E-state index contributed by atoms with van der Waals surface area (Å²) in [6, 6.07) is 4.11. The van der Waals surface area contributed by atoms with Crippen molar-refractivity contribution >= 4 is 16.5 Å². The van der Waals surface area contributed by atoms with Crippen LogP contribution in [0, 0.1) is 6.92 Å². The normalized spacial score (nSPS) is 22.4. The SMILES string of the molecule is Cc1cc(C(F)(F)F)cccnc(N2CCN[C@@H](C)[C@H]2C)s1. The Morgan fingerprint density at radius 3 is 2.77 bits per heavy atom. The van der Waals surface area contributed by atoms with Crippen molar-refractivity contribution in [2.45, 2.75) is 39.0 Å². The molecule has 1 N–H and O–H groups in total. The first-order valence-corrected chi connectivity index (χ1v) is 7.98. The second-order valence-electron chi connectivity index (χ2n) is 5.41. The van der Waals surface area contributed by atoms with Gasteiger partial charge in [-0.1, -0.05) is 0 Å². The van der Waals surface area contributed by atoms with E-state index in [0.29, 0.717) is 10.9 Å². The lowest BCUT2D eigenvalue weighted by atomic mass is 10.1. The van der Waals surface area contributed by atoms with Gasteiger partial charge in [0.1, 0.15) is 0 Å². The molecule has 2 rings (SSSR count). The van der Waals surface area contributed by atoms with Crippen molar-refractivity contribution in [1.82, 2.24) is 10.3 Å². The Morgan fingerprint density at radius 1 is 1.36 bits per heavy atom. The van der Waals surface area contributed by atoms with Gasteiger partial charge >= 0.3 is 6.18 Å². The lowest BCUT2D eigenvalue weighted by Crippen LogP contribution is -2.55. The molecule has 2 atom stereocenters. The highest BCUT2D eigenvalue weighted by Crippen LogP contribution is 2.30. The molecule has 0 aliphatic carbocycles. The lowest BCUT2D eigenvalue weighted by molar-refractivity contribution is -0.137. The first kappa shape index (κ1) is 17.0. The highest BCUT2D eigenvalue weighted by molar-refractivity contribution is 7.15. The number of piperazine rings is 1. The molecule has 0 bridgehead atoms. The summed E-state index contributed by atoms with van der Waals surface area (Å²) in [5.74, 6) is 0. The third kappa shape index (κ3) is 4.10. The summed E-state index contributed by atoms with van der Waals surface area (Å²) in [6.45, 7) is 7.50. The zero-order valence-electron chi connectivity index (χ0n) is 12.8. The Hall–Kier alpha value is -1.34. The van der Waals surface area contributed by atoms with Crippen LogP contribution in [0.2, 0.25) is 0 Å². The summed E-state index contributed by atoms with van der Waals surface area (Å²) in [5.41, 5.74) is -0.660. The van der Waals surface area contributed by atoms with Crippen LogP contribution in [0.15, 0.2) is 24.4 Å². The predicted molar refractivity (Wildman–Crippen MR) is 83.8 cm³/mol. The topological polar surface area (TPSA) is 28.2 Å². The summed E-state index contributed by atoms with van der Waals surface area (Å²) >= 11 is 1.28. The molecule has 0 spiro atoms. The second kappa shape index (κ2) is 6.83. The molecule has 1 fully saturated rings.